The summed E-state index contributed by atoms with van der Waals surface area (Å²) in [5.74, 6) is 0. The zero-order valence-corrected chi connectivity index (χ0v) is 20.0. The van der Waals surface area contributed by atoms with E-state index in [9.17, 15) is 5.11 Å². The Kier molecular flexibility index (Phi) is 5.26. The molecule has 2 aromatic rings. The molecule has 0 aromatic heterocycles. The van der Waals surface area contributed by atoms with Crippen LogP contribution in [-0.4, -0.2) is 42.1 Å². The number of hydrogen-bond donors (Lipinski definition) is 1. The summed E-state index contributed by atoms with van der Waals surface area (Å²) >= 11 is 0. The Bertz CT molecular complexity index is 989. The first kappa shape index (κ1) is 22.6. The second kappa shape index (κ2) is 7.21. The van der Waals surface area contributed by atoms with E-state index in [2.05, 4.69) is 64.1 Å². The predicted molar refractivity (Wildman–Crippen MR) is 127 cm³/mol. The van der Waals surface area contributed by atoms with Gasteiger partial charge in [0.05, 0.1) is 22.4 Å². The van der Waals surface area contributed by atoms with Crippen molar-refractivity contribution in [3.8, 4) is 11.1 Å². The Morgan fingerprint density at radius 2 is 1.45 bits per heavy atom. The standard InChI is InChI=1S/C25H33B2O4/c1-22(2,28)23(3,4)29-26-18-9-11-20-16(14-18)13-17-15-19(10-12-21(17)20)27-30-24(5,6)25(7,8)31-27/h9-12,14-15,28H,13H2,1-8H3. The van der Waals surface area contributed by atoms with Crippen molar-refractivity contribution in [1.29, 1.82) is 0 Å². The summed E-state index contributed by atoms with van der Waals surface area (Å²) in [6.45, 7) is 15.6. The highest BCUT2D eigenvalue weighted by Gasteiger charge is 2.51. The van der Waals surface area contributed by atoms with Gasteiger partial charge in [-0.05, 0) is 89.5 Å². The van der Waals surface area contributed by atoms with Gasteiger partial charge in [-0.3, -0.25) is 0 Å². The molecule has 31 heavy (non-hydrogen) atoms. The third-order valence-electron chi connectivity index (χ3n) is 7.42. The van der Waals surface area contributed by atoms with Crippen LogP contribution in [-0.2, 0) is 20.4 Å². The molecule has 1 aliphatic carbocycles. The van der Waals surface area contributed by atoms with Gasteiger partial charge < -0.3 is 19.1 Å². The summed E-state index contributed by atoms with van der Waals surface area (Å²) < 4.78 is 18.4. The Balaban J connectivity index is 1.52. The second-order valence-corrected chi connectivity index (χ2v) is 10.9. The molecule has 2 aromatic carbocycles. The highest BCUT2D eigenvalue weighted by molar-refractivity contribution is 6.62. The summed E-state index contributed by atoms with van der Waals surface area (Å²) in [6.07, 6.45) is 0.870. The van der Waals surface area contributed by atoms with Crippen LogP contribution in [0.5, 0.6) is 0 Å². The molecular formula is C25H33B2O4. The van der Waals surface area contributed by atoms with E-state index in [1.165, 1.54) is 22.3 Å². The number of fused-ring (bicyclic) bond motifs is 3. The molecule has 163 valence electrons. The first-order chi connectivity index (χ1) is 14.2. The van der Waals surface area contributed by atoms with Gasteiger partial charge in [-0.15, -0.1) is 0 Å². The smallest absolute Gasteiger partial charge is 0.427 e. The molecule has 1 N–H and O–H groups in total. The SMILES string of the molecule is CC(C)(O)C(C)(C)O[B]c1ccc2c(c1)Cc1cc(B3OC(C)(C)C(C)(C)O3)ccc1-2. The molecule has 1 heterocycles. The van der Waals surface area contributed by atoms with Crippen molar-refractivity contribution < 1.29 is 19.1 Å². The van der Waals surface area contributed by atoms with Gasteiger partial charge in [0.1, 0.15) is 0 Å². The van der Waals surface area contributed by atoms with Crippen LogP contribution in [0.3, 0.4) is 0 Å². The van der Waals surface area contributed by atoms with E-state index in [4.69, 9.17) is 14.0 Å². The van der Waals surface area contributed by atoms with E-state index in [0.717, 1.165) is 17.3 Å². The van der Waals surface area contributed by atoms with Crippen LogP contribution in [0, 0.1) is 0 Å². The first-order valence-electron chi connectivity index (χ1n) is 11.1. The highest BCUT2D eigenvalue weighted by atomic mass is 16.7. The summed E-state index contributed by atoms with van der Waals surface area (Å²) in [7, 11) is 1.40. The average Bonchev–Trinajstić information content (AvgIpc) is 3.11. The normalized spacial score (nSPS) is 19.3. The van der Waals surface area contributed by atoms with Gasteiger partial charge in [0.25, 0.3) is 0 Å². The number of hydrogen-bond acceptors (Lipinski definition) is 4. The third-order valence-corrected chi connectivity index (χ3v) is 7.42. The van der Waals surface area contributed by atoms with Crippen molar-refractivity contribution in [3.63, 3.8) is 0 Å². The van der Waals surface area contributed by atoms with Gasteiger partial charge in [0, 0.05) is 0 Å². The van der Waals surface area contributed by atoms with E-state index in [-0.39, 0.29) is 18.3 Å². The monoisotopic (exact) mass is 419 g/mol. The Morgan fingerprint density at radius 1 is 0.903 bits per heavy atom. The number of aliphatic hydroxyl groups is 1. The fourth-order valence-corrected chi connectivity index (χ4v) is 3.81. The molecule has 0 unspecified atom stereocenters. The molecule has 0 atom stereocenters. The number of benzene rings is 2. The Labute approximate surface area is 187 Å². The van der Waals surface area contributed by atoms with E-state index in [1.807, 2.05) is 13.8 Å². The largest absolute Gasteiger partial charge is 0.494 e. The van der Waals surface area contributed by atoms with Crippen LogP contribution in [0.2, 0.25) is 0 Å². The van der Waals surface area contributed by atoms with Crippen LogP contribution < -0.4 is 10.9 Å². The molecule has 1 fully saturated rings. The summed E-state index contributed by atoms with van der Waals surface area (Å²) in [5.41, 5.74) is 4.82. The Hall–Kier alpha value is -1.59. The fourth-order valence-electron chi connectivity index (χ4n) is 3.81. The van der Waals surface area contributed by atoms with Crippen LogP contribution in [0.15, 0.2) is 36.4 Å². The molecule has 6 heteroatoms. The molecule has 2 aliphatic rings. The molecule has 0 bridgehead atoms. The lowest BCUT2D eigenvalue weighted by Gasteiger charge is -2.37. The van der Waals surface area contributed by atoms with Crippen molar-refractivity contribution in [1.82, 2.24) is 0 Å². The fraction of sp³-hybridized carbons (Fsp3) is 0.520. The van der Waals surface area contributed by atoms with Crippen molar-refractivity contribution in [2.45, 2.75) is 84.2 Å². The topological polar surface area (TPSA) is 47.9 Å². The minimum Gasteiger partial charge on any atom is -0.427 e. The van der Waals surface area contributed by atoms with E-state index in [0.29, 0.717) is 0 Å². The van der Waals surface area contributed by atoms with Gasteiger partial charge in [-0.2, -0.15) is 0 Å². The maximum Gasteiger partial charge on any atom is 0.494 e. The maximum atomic E-state index is 10.3. The minimum absolute atomic E-state index is 0.346. The van der Waals surface area contributed by atoms with Crippen LogP contribution in [0.4, 0.5) is 0 Å². The van der Waals surface area contributed by atoms with Crippen LogP contribution in [0.1, 0.15) is 66.5 Å². The van der Waals surface area contributed by atoms with Crippen molar-refractivity contribution in [2.24, 2.45) is 0 Å². The molecule has 1 saturated heterocycles. The molecule has 4 rings (SSSR count). The second-order valence-electron chi connectivity index (χ2n) is 10.9. The third kappa shape index (κ3) is 4.00. The maximum absolute atomic E-state index is 10.3. The predicted octanol–water partition coefficient (Wildman–Crippen LogP) is 3.37. The summed E-state index contributed by atoms with van der Waals surface area (Å²) in [5, 5.41) is 10.3. The van der Waals surface area contributed by atoms with Crippen molar-refractivity contribution >= 4 is 25.5 Å². The number of rotatable bonds is 5. The quantitative estimate of drug-likeness (QED) is 0.645. The lowest BCUT2D eigenvalue weighted by Crippen LogP contribution is -2.49. The highest BCUT2D eigenvalue weighted by Crippen LogP contribution is 2.38. The average molecular weight is 419 g/mol. The lowest BCUT2D eigenvalue weighted by atomic mass is 9.78. The zero-order valence-electron chi connectivity index (χ0n) is 20.0. The summed E-state index contributed by atoms with van der Waals surface area (Å²) in [6, 6.07) is 12.9. The van der Waals surface area contributed by atoms with Gasteiger partial charge in [0.2, 0.25) is 0 Å². The Morgan fingerprint density at radius 3 is 2.03 bits per heavy atom. The lowest BCUT2D eigenvalue weighted by molar-refractivity contribution is -0.0893. The van der Waals surface area contributed by atoms with E-state index in [1.54, 1.807) is 21.3 Å². The molecule has 0 saturated carbocycles. The van der Waals surface area contributed by atoms with Gasteiger partial charge in [0.15, 0.2) is 0 Å². The van der Waals surface area contributed by atoms with Crippen molar-refractivity contribution in [3.05, 3.63) is 47.5 Å². The van der Waals surface area contributed by atoms with Crippen LogP contribution in [0.25, 0.3) is 11.1 Å². The van der Waals surface area contributed by atoms with Crippen LogP contribution >= 0.6 is 0 Å². The molecule has 1 radical (unpaired) electrons. The molecule has 1 aliphatic heterocycles. The van der Waals surface area contributed by atoms with Gasteiger partial charge in [-0.1, -0.05) is 41.9 Å². The minimum atomic E-state index is -0.944. The molecule has 0 amide bonds. The summed E-state index contributed by atoms with van der Waals surface area (Å²) in [4.78, 5) is 0. The van der Waals surface area contributed by atoms with E-state index < -0.39 is 11.2 Å². The zero-order chi connectivity index (χ0) is 22.8. The molecular weight excluding hydrogens is 386 g/mol. The van der Waals surface area contributed by atoms with Crippen molar-refractivity contribution in [2.75, 3.05) is 0 Å². The van der Waals surface area contributed by atoms with Gasteiger partial charge in [-0.25, -0.2) is 0 Å². The molecule has 0 spiro atoms. The van der Waals surface area contributed by atoms with E-state index >= 15 is 0 Å². The van der Waals surface area contributed by atoms with Gasteiger partial charge >= 0.3 is 14.6 Å². The first-order valence-corrected chi connectivity index (χ1v) is 11.1. The molecule has 4 nitrogen and oxygen atoms in total.